The van der Waals surface area contributed by atoms with Crippen molar-refractivity contribution in [2.24, 2.45) is 0 Å². The molecule has 0 amide bonds. The average molecular weight is 435 g/mol. The minimum Gasteiger partial charge on any atom is -0.463 e. The Morgan fingerprint density at radius 1 is 1.10 bits per heavy atom. The Labute approximate surface area is 183 Å². The Bertz CT molecular complexity index is 1090. The first-order valence-corrected chi connectivity index (χ1v) is 11.1. The Kier molecular flexibility index (Phi) is 5.53. The average Bonchev–Trinajstić information content (AvgIpc) is 3.52. The fourth-order valence-corrected chi connectivity index (χ4v) is 4.63. The third-order valence-corrected chi connectivity index (χ3v) is 6.31. The van der Waals surface area contributed by atoms with E-state index in [4.69, 9.17) is 9.72 Å². The first kappa shape index (κ1) is 19.6. The summed E-state index contributed by atoms with van der Waals surface area (Å²) >= 11 is 1.67. The van der Waals surface area contributed by atoms with Crippen LogP contribution in [0.25, 0.3) is 0 Å². The fourth-order valence-electron chi connectivity index (χ4n) is 3.63. The summed E-state index contributed by atoms with van der Waals surface area (Å²) in [6.07, 6.45) is 6.80. The number of piperidine rings is 1. The largest absolute Gasteiger partial charge is 0.463 e. The van der Waals surface area contributed by atoms with Crippen molar-refractivity contribution < 1.29 is 4.74 Å². The number of hydrogen-bond donors (Lipinski definition) is 0. The van der Waals surface area contributed by atoms with Crippen LogP contribution in [0.4, 0.5) is 5.95 Å². The van der Waals surface area contributed by atoms with E-state index in [0.717, 1.165) is 53.9 Å². The van der Waals surface area contributed by atoms with Gasteiger partial charge < -0.3 is 9.64 Å². The van der Waals surface area contributed by atoms with Crippen molar-refractivity contribution in [2.75, 3.05) is 18.0 Å². The standard InChI is InChI=1S/C21H22N8OS/c1-15-11-22-21(23-12-15)28-9-7-16(8-10-28)19-25-18(13-31-19)20(29-14-24-26-27-29)30-17-5-3-2-4-6-17/h2-6,11-14,16,20H,7-10H2,1H3. The summed E-state index contributed by atoms with van der Waals surface area (Å²) < 4.78 is 7.76. The number of anilines is 1. The minimum atomic E-state index is -0.511. The number of aryl methyl sites for hydroxylation is 1. The van der Waals surface area contributed by atoms with Crippen molar-refractivity contribution in [1.29, 1.82) is 0 Å². The first-order valence-electron chi connectivity index (χ1n) is 10.2. The van der Waals surface area contributed by atoms with E-state index in [9.17, 15) is 0 Å². The molecule has 1 aliphatic heterocycles. The van der Waals surface area contributed by atoms with Crippen LogP contribution in [0.2, 0.25) is 0 Å². The molecule has 1 unspecified atom stereocenters. The summed E-state index contributed by atoms with van der Waals surface area (Å²) in [5.41, 5.74) is 1.88. The molecule has 4 heterocycles. The molecule has 0 spiro atoms. The summed E-state index contributed by atoms with van der Waals surface area (Å²) in [5.74, 6) is 1.95. The van der Waals surface area contributed by atoms with E-state index in [2.05, 4.69) is 30.4 Å². The van der Waals surface area contributed by atoms with Gasteiger partial charge in [-0.15, -0.1) is 16.4 Å². The molecule has 31 heavy (non-hydrogen) atoms. The van der Waals surface area contributed by atoms with Crippen molar-refractivity contribution in [3.63, 3.8) is 0 Å². The predicted octanol–water partition coefficient (Wildman–Crippen LogP) is 3.24. The van der Waals surface area contributed by atoms with Crippen LogP contribution in [0.15, 0.2) is 54.4 Å². The molecule has 1 aliphatic rings. The van der Waals surface area contributed by atoms with Crippen LogP contribution in [0, 0.1) is 6.92 Å². The van der Waals surface area contributed by atoms with Crippen LogP contribution in [-0.4, -0.2) is 48.2 Å². The highest BCUT2D eigenvalue weighted by Crippen LogP contribution is 2.33. The fraction of sp³-hybridized carbons (Fsp3) is 0.333. The minimum absolute atomic E-state index is 0.409. The van der Waals surface area contributed by atoms with Crippen molar-refractivity contribution in [1.82, 2.24) is 35.2 Å². The molecule has 0 radical (unpaired) electrons. The van der Waals surface area contributed by atoms with Gasteiger partial charge in [-0.1, -0.05) is 18.2 Å². The highest BCUT2D eigenvalue weighted by atomic mass is 32.1. The molecule has 0 bridgehead atoms. The van der Waals surface area contributed by atoms with E-state index in [-0.39, 0.29) is 0 Å². The van der Waals surface area contributed by atoms with Gasteiger partial charge in [0.15, 0.2) is 0 Å². The van der Waals surface area contributed by atoms with Gasteiger partial charge in [0.25, 0.3) is 0 Å². The molecule has 0 saturated carbocycles. The molecule has 10 heteroatoms. The van der Waals surface area contributed by atoms with E-state index in [0.29, 0.717) is 5.92 Å². The summed E-state index contributed by atoms with van der Waals surface area (Å²) in [6.45, 7) is 3.83. The van der Waals surface area contributed by atoms with E-state index >= 15 is 0 Å². The van der Waals surface area contributed by atoms with Crippen molar-refractivity contribution in [3.8, 4) is 5.75 Å². The number of thiazole rings is 1. The number of aromatic nitrogens is 7. The van der Waals surface area contributed by atoms with Gasteiger partial charge >= 0.3 is 0 Å². The molecule has 0 aliphatic carbocycles. The van der Waals surface area contributed by atoms with Crippen LogP contribution in [0.5, 0.6) is 5.75 Å². The Balaban J connectivity index is 1.30. The molecule has 3 aromatic heterocycles. The second-order valence-corrected chi connectivity index (χ2v) is 8.40. The molecule has 1 saturated heterocycles. The van der Waals surface area contributed by atoms with Gasteiger partial charge in [0.05, 0.1) is 5.01 Å². The summed E-state index contributed by atoms with van der Waals surface area (Å²) in [5, 5.41) is 14.7. The SMILES string of the molecule is Cc1cnc(N2CCC(c3nc(C(Oc4ccccc4)n4cnnn4)cs3)CC2)nc1. The highest BCUT2D eigenvalue weighted by molar-refractivity contribution is 7.09. The van der Waals surface area contributed by atoms with Gasteiger partial charge in [-0.3, -0.25) is 0 Å². The molecule has 9 nitrogen and oxygen atoms in total. The van der Waals surface area contributed by atoms with Gasteiger partial charge in [-0.2, -0.15) is 4.68 Å². The number of tetrazole rings is 1. The zero-order valence-corrected chi connectivity index (χ0v) is 17.9. The predicted molar refractivity (Wildman–Crippen MR) is 116 cm³/mol. The van der Waals surface area contributed by atoms with Crippen molar-refractivity contribution >= 4 is 17.3 Å². The molecule has 5 rings (SSSR count). The van der Waals surface area contributed by atoms with Gasteiger partial charge in [0.1, 0.15) is 17.8 Å². The lowest BCUT2D eigenvalue weighted by molar-refractivity contribution is 0.152. The lowest BCUT2D eigenvalue weighted by Gasteiger charge is -2.31. The zero-order chi connectivity index (χ0) is 21.0. The molecule has 1 atom stereocenters. The van der Waals surface area contributed by atoms with Gasteiger partial charge in [-0.25, -0.2) is 15.0 Å². The topological polar surface area (TPSA) is 94.7 Å². The zero-order valence-electron chi connectivity index (χ0n) is 17.1. The van der Waals surface area contributed by atoms with Crippen LogP contribution in [-0.2, 0) is 0 Å². The second-order valence-electron chi connectivity index (χ2n) is 7.51. The molecule has 0 N–H and O–H groups in total. The monoisotopic (exact) mass is 434 g/mol. The molecule has 1 aromatic carbocycles. The number of benzene rings is 1. The third-order valence-electron chi connectivity index (χ3n) is 5.28. The Hall–Kier alpha value is -3.40. The summed E-state index contributed by atoms with van der Waals surface area (Å²) in [6, 6.07) is 9.64. The summed E-state index contributed by atoms with van der Waals surface area (Å²) in [7, 11) is 0. The number of para-hydroxylation sites is 1. The maximum Gasteiger partial charge on any atom is 0.238 e. The molecular formula is C21H22N8OS. The molecule has 158 valence electrons. The number of ether oxygens (including phenoxy) is 1. The first-order chi connectivity index (χ1) is 15.3. The number of rotatable bonds is 6. The van der Waals surface area contributed by atoms with Gasteiger partial charge in [-0.05, 0) is 47.9 Å². The van der Waals surface area contributed by atoms with Gasteiger partial charge in [0.2, 0.25) is 12.2 Å². The van der Waals surface area contributed by atoms with Crippen LogP contribution < -0.4 is 9.64 Å². The summed E-state index contributed by atoms with van der Waals surface area (Å²) in [4.78, 5) is 16.1. The Morgan fingerprint density at radius 3 is 2.58 bits per heavy atom. The van der Waals surface area contributed by atoms with Crippen LogP contribution in [0.1, 0.15) is 41.3 Å². The maximum absolute atomic E-state index is 6.17. The lowest BCUT2D eigenvalue weighted by Crippen LogP contribution is -2.34. The maximum atomic E-state index is 6.17. The quantitative estimate of drug-likeness (QED) is 0.456. The highest BCUT2D eigenvalue weighted by Gasteiger charge is 2.27. The Morgan fingerprint density at radius 2 is 1.87 bits per heavy atom. The number of nitrogens with zero attached hydrogens (tertiary/aromatic N) is 8. The second kappa shape index (κ2) is 8.76. The number of hydrogen-bond acceptors (Lipinski definition) is 9. The molecular weight excluding hydrogens is 412 g/mol. The van der Waals surface area contributed by atoms with Crippen molar-refractivity contribution in [2.45, 2.75) is 31.9 Å². The lowest BCUT2D eigenvalue weighted by atomic mass is 9.98. The molecule has 4 aromatic rings. The van der Waals surface area contributed by atoms with E-state index in [1.807, 2.05) is 55.0 Å². The van der Waals surface area contributed by atoms with Crippen LogP contribution in [0.3, 0.4) is 0 Å². The normalized spacial score (nSPS) is 15.7. The van der Waals surface area contributed by atoms with E-state index in [1.54, 1.807) is 22.3 Å². The molecule has 1 fully saturated rings. The van der Waals surface area contributed by atoms with E-state index < -0.39 is 6.23 Å². The van der Waals surface area contributed by atoms with Crippen LogP contribution >= 0.6 is 11.3 Å². The smallest absolute Gasteiger partial charge is 0.238 e. The van der Waals surface area contributed by atoms with Crippen molar-refractivity contribution in [3.05, 3.63) is 70.7 Å². The van der Waals surface area contributed by atoms with E-state index in [1.165, 1.54) is 0 Å². The third kappa shape index (κ3) is 4.38. The van der Waals surface area contributed by atoms with Gasteiger partial charge in [0, 0.05) is 36.8 Å².